The van der Waals surface area contributed by atoms with Gasteiger partial charge in [-0.25, -0.2) is 0 Å². The molecule has 4 nitrogen and oxygen atoms in total. The van der Waals surface area contributed by atoms with E-state index in [1.807, 2.05) is 0 Å². The van der Waals surface area contributed by atoms with Crippen LogP contribution >= 0.6 is 0 Å². The van der Waals surface area contributed by atoms with Crippen molar-refractivity contribution in [3.8, 4) is 0 Å². The minimum absolute atomic E-state index is 0.398. The van der Waals surface area contributed by atoms with Crippen molar-refractivity contribution in [2.45, 2.75) is 0 Å². The Morgan fingerprint density at radius 3 is 1.92 bits per heavy atom. The van der Waals surface area contributed by atoms with Gasteiger partial charge in [0.15, 0.2) is 0 Å². The molecule has 2 amide bonds. The van der Waals surface area contributed by atoms with Crippen LogP contribution in [0.15, 0.2) is 24.3 Å². The third-order valence-corrected chi connectivity index (χ3v) is 1.94. The third kappa shape index (κ3) is 0.957. The van der Waals surface area contributed by atoms with E-state index in [9.17, 15) is 9.59 Å². The molecule has 0 aliphatic carbocycles. The van der Waals surface area contributed by atoms with Gasteiger partial charge in [-0.2, -0.15) is 0 Å². The SMILES string of the molecule is CON1C(=O)c2ccccc2C1=O. The summed E-state index contributed by atoms with van der Waals surface area (Å²) in [4.78, 5) is 27.5. The van der Waals surface area contributed by atoms with Crippen LogP contribution in [-0.2, 0) is 4.84 Å². The van der Waals surface area contributed by atoms with Crippen LogP contribution in [0.4, 0.5) is 0 Å². The number of benzene rings is 1. The Balaban J connectivity index is 2.57. The number of fused-ring (bicyclic) bond motifs is 1. The van der Waals surface area contributed by atoms with Crippen LogP contribution in [0.3, 0.4) is 0 Å². The molecule has 1 heterocycles. The number of rotatable bonds is 1. The summed E-state index contributed by atoms with van der Waals surface area (Å²) >= 11 is 0. The van der Waals surface area contributed by atoms with Gasteiger partial charge in [-0.15, -0.1) is 5.06 Å². The zero-order chi connectivity index (χ0) is 9.42. The van der Waals surface area contributed by atoms with E-state index in [0.717, 1.165) is 5.06 Å². The summed E-state index contributed by atoms with van der Waals surface area (Å²) < 4.78 is 0. The smallest absolute Gasteiger partial charge is 0.266 e. The Bertz CT molecular complexity index is 351. The van der Waals surface area contributed by atoms with Gasteiger partial charge in [0.2, 0.25) is 0 Å². The topological polar surface area (TPSA) is 46.6 Å². The number of carbonyl (C=O) groups excluding carboxylic acids is 2. The highest BCUT2D eigenvalue weighted by Crippen LogP contribution is 2.21. The van der Waals surface area contributed by atoms with Crippen LogP contribution in [-0.4, -0.2) is 24.0 Å². The fraction of sp³-hybridized carbons (Fsp3) is 0.111. The van der Waals surface area contributed by atoms with E-state index in [-0.39, 0.29) is 0 Å². The third-order valence-electron chi connectivity index (χ3n) is 1.94. The van der Waals surface area contributed by atoms with Crippen molar-refractivity contribution in [2.24, 2.45) is 0 Å². The molecule has 1 aliphatic rings. The number of nitrogens with zero attached hydrogens (tertiary/aromatic N) is 1. The molecule has 0 fully saturated rings. The summed E-state index contributed by atoms with van der Waals surface area (Å²) in [6.07, 6.45) is 0. The Labute approximate surface area is 74.7 Å². The number of amides is 2. The maximum absolute atomic E-state index is 11.4. The Kier molecular flexibility index (Phi) is 1.63. The van der Waals surface area contributed by atoms with Gasteiger partial charge in [0.25, 0.3) is 11.8 Å². The summed E-state index contributed by atoms with van der Waals surface area (Å²) in [5.74, 6) is -0.800. The minimum Gasteiger partial charge on any atom is -0.266 e. The zero-order valence-corrected chi connectivity index (χ0v) is 6.98. The van der Waals surface area contributed by atoms with E-state index >= 15 is 0 Å². The molecule has 0 saturated heterocycles. The van der Waals surface area contributed by atoms with Gasteiger partial charge in [0.1, 0.15) is 0 Å². The van der Waals surface area contributed by atoms with Gasteiger partial charge in [-0.05, 0) is 12.1 Å². The quantitative estimate of drug-likeness (QED) is 0.597. The van der Waals surface area contributed by atoms with Crippen LogP contribution in [0, 0.1) is 0 Å². The molecule has 0 N–H and O–H groups in total. The lowest BCUT2D eigenvalue weighted by atomic mass is 10.1. The molecular formula is C9H7NO3. The van der Waals surface area contributed by atoms with Crippen LogP contribution in [0.25, 0.3) is 0 Å². The maximum Gasteiger partial charge on any atom is 0.285 e. The first-order valence-electron chi connectivity index (χ1n) is 3.77. The Morgan fingerprint density at radius 1 is 1.08 bits per heavy atom. The molecule has 4 heteroatoms. The van der Waals surface area contributed by atoms with E-state index in [1.54, 1.807) is 24.3 Å². The van der Waals surface area contributed by atoms with Gasteiger partial charge in [0.05, 0.1) is 18.2 Å². The minimum atomic E-state index is -0.400. The Hall–Kier alpha value is -1.68. The molecule has 0 saturated carbocycles. The van der Waals surface area contributed by atoms with E-state index in [2.05, 4.69) is 4.84 Å². The van der Waals surface area contributed by atoms with E-state index in [1.165, 1.54) is 7.11 Å². The van der Waals surface area contributed by atoms with Crippen LogP contribution < -0.4 is 0 Å². The number of imide groups is 1. The average molecular weight is 177 g/mol. The van der Waals surface area contributed by atoms with Gasteiger partial charge in [-0.1, -0.05) is 12.1 Å². The highest BCUT2D eigenvalue weighted by molar-refractivity contribution is 6.20. The fourth-order valence-corrected chi connectivity index (χ4v) is 1.33. The molecule has 13 heavy (non-hydrogen) atoms. The van der Waals surface area contributed by atoms with Crippen molar-refractivity contribution in [3.05, 3.63) is 35.4 Å². The molecule has 66 valence electrons. The van der Waals surface area contributed by atoms with Crippen molar-refractivity contribution in [2.75, 3.05) is 7.11 Å². The number of hydrogen-bond acceptors (Lipinski definition) is 3. The van der Waals surface area contributed by atoms with Crippen molar-refractivity contribution < 1.29 is 14.4 Å². The number of carbonyl (C=O) groups is 2. The number of hydroxylamine groups is 2. The average Bonchev–Trinajstić information content (AvgIpc) is 2.41. The molecule has 1 aliphatic heterocycles. The van der Waals surface area contributed by atoms with Gasteiger partial charge in [0, 0.05) is 0 Å². The van der Waals surface area contributed by atoms with Crippen LogP contribution in [0.2, 0.25) is 0 Å². The molecular weight excluding hydrogens is 170 g/mol. The van der Waals surface area contributed by atoms with Crippen LogP contribution in [0.1, 0.15) is 20.7 Å². The first-order chi connectivity index (χ1) is 6.25. The van der Waals surface area contributed by atoms with E-state index in [0.29, 0.717) is 11.1 Å². The summed E-state index contributed by atoms with van der Waals surface area (Å²) in [5, 5.41) is 0.755. The summed E-state index contributed by atoms with van der Waals surface area (Å²) in [7, 11) is 1.29. The predicted octanol–water partition coefficient (Wildman–Crippen LogP) is 0.844. The monoisotopic (exact) mass is 177 g/mol. The van der Waals surface area contributed by atoms with Crippen molar-refractivity contribution >= 4 is 11.8 Å². The first kappa shape index (κ1) is 7.94. The maximum atomic E-state index is 11.4. The molecule has 1 aromatic carbocycles. The molecule has 0 unspecified atom stereocenters. The molecule has 0 atom stereocenters. The summed E-state index contributed by atoms with van der Waals surface area (Å²) in [6, 6.07) is 6.63. The van der Waals surface area contributed by atoms with E-state index < -0.39 is 11.8 Å². The lowest BCUT2D eigenvalue weighted by molar-refractivity contribution is -0.0645. The normalized spacial score (nSPS) is 15.0. The number of hydrogen-bond donors (Lipinski definition) is 0. The van der Waals surface area contributed by atoms with Gasteiger partial charge >= 0.3 is 0 Å². The lowest BCUT2D eigenvalue weighted by Gasteiger charge is -2.07. The molecule has 0 bridgehead atoms. The molecule has 0 aromatic heterocycles. The van der Waals surface area contributed by atoms with Gasteiger partial charge < -0.3 is 0 Å². The second kappa shape index (κ2) is 2.67. The standard InChI is InChI=1S/C9H7NO3/c1-13-10-8(11)6-4-2-3-5-7(6)9(10)12/h2-5H,1H3. The predicted molar refractivity (Wildman–Crippen MR) is 44.0 cm³/mol. The first-order valence-corrected chi connectivity index (χ1v) is 3.77. The molecule has 2 rings (SSSR count). The highest BCUT2D eigenvalue weighted by atomic mass is 16.7. The van der Waals surface area contributed by atoms with Crippen molar-refractivity contribution in [1.82, 2.24) is 5.06 Å². The molecule has 0 spiro atoms. The second-order valence-electron chi connectivity index (χ2n) is 2.63. The summed E-state index contributed by atoms with van der Waals surface area (Å²) in [5.41, 5.74) is 0.795. The Morgan fingerprint density at radius 2 is 1.54 bits per heavy atom. The fourth-order valence-electron chi connectivity index (χ4n) is 1.33. The molecule has 0 radical (unpaired) electrons. The van der Waals surface area contributed by atoms with Crippen LogP contribution in [0.5, 0.6) is 0 Å². The van der Waals surface area contributed by atoms with Crippen molar-refractivity contribution in [1.29, 1.82) is 0 Å². The molecule has 1 aromatic rings. The van der Waals surface area contributed by atoms with Crippen molar-refractivity contribution in [3.63, 3.8) is 0 Å². The lowest BCUT2D eigenvalue weighted by Crippen LogP contribution is -2.28. The van der Waals surface area contributed by atoms with Gasteiger partial charge in [-0.3, -0.25) is 14.4 Å². The highest BCUT2D eigenvalue weighted by Gasteiger charge is 2.35. The zero-order valence-electron chi connectivity index (χ0n) is 6.98. The largest absolute Gasteiger partial charge is 0.285 e. The van der Waals surface area contributed by atoms with E-state index in [4.69, 9.17) is 0 Å². The summed E-state index contributed by atoms with van der Waals surface area (Å²) in [6.45, 7) is 0. The second-order valence-corrected chi connectivity index (χ2v) is 2.63.